The minimum absolute atomic E-state index is 0.504. The monoisotopic (exact) mass is 290 g/mol. The van der Waals surface area contributed by atoms with E-state index < -0.39 is 0 Å². The highest BCUT2D eigenvalue weighted by Gasteiger charge is 2.27. The Bertz CT molecular complexity index is 464. The highest BCUT2D eigenvalue weighted by molar-refractivity contribution is 7.80. The summed E-state index contributed by atoms with van der Waals surface area (Å²) in [4.78, 5) is 0. The molecule has 0 bridgehead atoms. The van der Waals surface area contributed by atoms with Gasteiger partial charge in [0, 0.05) is 11.7 Å². The predicted octanol–water partition coefficient (Wildman–Crippen LogP) is 4.41. The zero-order valence-electron chi connectivity index (χ0n) is 13.0. The molecule has 2 N–H and O–H groups in total. The highest BCUT2D eigenvalue weighted by Crippen LogP contribution is 2.29. The molecule has 2 nitrogen and oxygen atoms in total. The second kappa shape index (κ2) is 6.57. The van der Waals surface area contributed by atoms with Crippen LogP contribution in [0, 0.1) is 25.7 Å². The number of nitrogens with one attached hydrogen (secondary N) is 2. The molecule has 0 radical (unpaired) electrons. The van der Waals surface area contributed by atoms with E-state index in [4.69, 9.17) is 12.2 Å². The van der Waals surface area contributed by atoms with Gasteiger partial charge < -0.3 is 10.6 Å². The molecule has 0 aliphatic heterocycles. The molecular formula is C17H26N2S. The van der Waals surface area contributed by atoms with Gasteiger partial charge in [-0.3, -0.25) is 0 Å². The summed E-state index contributed by atoms with van der Waals surface area (Å²) >= 11 is 5.47. The number of thiocarbonyl (C=S) groups is 1. The Hall–Kier alpha value is -1.09. The first-order valence-corrected chi connectivity index (χ1v) is 8.02. The molecule has 0 heterocycles. The molecule has 3 atom stereocenters. The third-order valence-electron chi connectivity index (χ3n) is 4.50. The summed E-state index contributed by atoms with van der Waals surface area (Å²) in [6.45, 7) is 8.90. The van der Waals surface area contributed by atoms with Gasteiger partial charge in [-0.15, -0.1) is 0 Å². The van der Waals surface area contributed by atoms with E-state index in [-0.39, 0.29) is 0 Å². The average Bonchev–Trinajstić information content (AvgIpc) is 2.33. The Labute approximate surface area is 128 Å². The van der Waals surface area contributed by atoms with Gasteiger partial charge in [0.05, 0.1) is 0 Å². The van der Waals surface area contributed by atoms with E-state index in [2.05, 4.69) is 56.5 Å². The number of aryl methyl sites for hydroxylation is 2. The van der Waals surface area contributed by atoms with E-state index >= 15 is 0 Å². The van der Waals surface area contributed by atoms with Gasteiger partial charge in [0.15, 0.2) is 5.11 Å². The van der Waals surface area contributed by atoms with Crippen LogP contribution >= 0.6 is 12.2 Å². The summed E-state index contributed by atoms with van der Waals surface area (Å²) < 4.78 is 0. The lowest BCUT2D eigenvalue weighted by Crippen LogP contribution is -2.45. The Kier molecular flexibility index (Phi) is 5.03. The molecule has 1 saturated carbocycles. The van der Waals surface area contributed by atoms with Crippen LogP contribution in [0.3, 0.4) is 0 Å². The first-order chi connectivity index (χ1) is 9.45. The second-order valence-electron chi connectivity index (χ2n) is 6.35. The van der Waals surface area contributed by atoms with Crippen molar-refractivity contribution in [1.29, 1.82) is 0 Å². The SMILES string of the molecule is Cc1cc(C)cc(NC(=S)N[C@H]2CCC[C@H](C)[C@@H]2C)c1. The lowest BCUT2D eigenvalue weighted by atomic mass is 9.78. The maximum absolute atomic E-state index is 5.47. The molecule has 0 saturated heterocycles. The fourth-order valence-corrected chi connectivity index (χ4v) is 3.44. The summed E-state index contributed by atoms with van der Waals surface area (Å²) in [5, 5.41) is 7.58. The topological polar surface area (TPSA) is 24.1 Å². The average molecular weight is 290 g/mol. The van der Waals surface area contributed by atoms with Gasteiger partial charge in [-0.25, -0.2) is 0 Å². The Morgan fingerprint density at radius 2 is 1.75 bits per heavy atom. The van der Waals surface area contributed by atoms with E-state index in [1.807, 2.05) is 0 Å². The minimum Gasteiger partial charge on any atom is -0.359 e. The molecule has 0 spiro atoms. The predicted molar refractivity (Wildman–Crippen MR) is 91.2 cm³/mol. The van der Waals surface area contributed by atoms with Crippen LogP contribution in [0.4, 0.5) is 5.69 Å². The quantitative estimate of drug-likeness (QED) is 0.789. The van der Waals surface area contributed by atoms with Gasteiger partial charge >= 0.3 is 0 Å². The summed E-state index contributed by atoms with van der Waals surface area (Å²) in [5.41, 5.74) is 3.60. The van der Waals surface area contributed by atoms with E-state index in [1.54, 1.807) is 0 Å². The molecule has 110 valence electrons. The molecular weight excluding hydrogens is 264 g/mol. The van der Waals surface area contributed by atoms with E-state index in [0.717, 1.165) is 16.7 Å². The number of benzene rings is 1. The lowest BCUT2D eigenvalue weighted by molar-refractivity contribution is 0.225. The van der Waals surface area contributed by atoms with Crippen LogP contribution in [0.2, 0.25) is 0 Å². The van der Waals surface area contributed by atoms with Crippen LogP contribution < -0.4 is 10.6 Å². The fourth-order valence-electron chi connectivity index (χ4n) is 3.17. The van der Waals surface area contributed by atoms with Crippen molar-refractivity contribution in [3.8, 4) is 0 Å². The third-order valence-corrected chi connectivity index (χ3v) is 4.72. The number of hydrogen-bond donors (Lipinski definition) is 2. The van der Waals surface area contributed by atoms with Crippen molar-refractivity contribution in [3.05, 3.63) is 29.3 Å². The molecule has 3 heteroatoms. The van der Waals surface area contributed by atoms with Crippen LogP contribution in [-0.4, -0.2) is 11.2 Å². The molecule has 1 aromatic rings. The number of anilines is 1. The normalized spacial score (nSPS) is 26.1. The van der Waals surface area contributed by atoms with E-state index in [1.165, 1.54) is 30.4 Å². The molecule has 0 unspecified atom stereocenters. The van der Waals surface area contributed by atoms with Crippen molar-refractivity contribution < 1.29 is 0 Å². The standard InChI is InChI=1S/C17H26N2S/c1-11-8-12(2)10-15(9-11)18-17(20)19-16-7-5-6-13(3)14(16)4/h8-10,13-14,16H,5-7H2,1-4H3,(H2,18,19,20)/t13-,14-,16-/m0/s1. The summed E-state index contributed by atoms with van der Waals surface area (Å²) in [6, 6.07) is 6.94. The van der Waals surface area contributed by atoms with Gasteiger partial charge in [0.1, 0.15) is 0 Å². The smallest absolute Gasteiger partial charge is 0.171 e. The maximum Gasteiger partial charge on any atom is 0.171 e. The van der Waals surface area contributed by atoms with Gasteiger partial charge in [0.25, 0.3) is 0 Å². The van der Waals surface area contributed by atoms with Crippen molar-refractivity contribution in [2.45, 2.75) is 53.0 Å². The summed E-state index contributed by atoms with van der Waals surface area (Å²) in [7, 11) is 0. The molecule has 20 heavy (non-hydrogen) atoms. The van der Waals surface area contributed by atoms with Crippen LogP contribution in [-0.2, 0) is 0 Å². The van der Waals surface area contributed by atoms with Gasteiger partial charge in [-0.1, -0.05) is 32.8 Å². The van der Waals surface area contributed by atoms with Crippen LogP contribution in [0.25, 0.3) is 0 Å². The van der Waals surface area contributed by atoms with Gasteiger partial charge in [-0.2, -0.15) is 0 Å². The van der Waals surface area contributed by atoms with Crippen LogP contribution in [0.15, 0.2) is 18.2 Å². The number of rotatable bonds is 2. The first-order valence-electron chi connectivity index (χ1n) is 7.61. The largest absolute Gasteiger partial charge is 0.359 e. The van der Waals surface area contributed by atoms with Crippen molar-refractivity contribution in [1.82, 2.24) is 5.32 Å². The summed E-state index contributed by atoms with van der Waals surface area (Å²) in [6.07, 6.45) is 3.87. The Morgan fingerprint density at radius 3 is 2.40 bits per heavy atom. The van der Waals surface area contributed by atoms with Crippen LogP contribution in [0.1, 0.15) is 44.2 Å². The second-order valence-corrected chi connectivity index (χ2v) is 6.76. The molecule has 1 aliphatic rings. The van der Waals surface area contributed by atoms with Gasteiger partial charge in [-0.05, 0) is 67.6 Å². The lowest BCUT2D eigenvalue weighted by Gasteiger charge is -2.35. The van der Waals surface area contributed by atoms with Crippen molar-refractivity contribution in [3.63, 3.8) is 0 Å². The molecule has 1 fully saturated rings. The van der Waals surface area contributed by atoms with Crippen molar-refractivity contribution in [2.75, 3.05) is 5.32 Å². The molecule has 2 rings (SSSR count). The molecule has 1 aromatic carbocycles. The number of hydrogen-bond acceptors (Lipinski definition) is 1. The fraction of sp³-hybridized carbons (Fsp3) is 0.588. The third kappa shape index (κ3) is 3.95. The molecule has 0 aromatic heterocycles. The van der Waals surface area contributed by atoms with Gasteiger partial charge in [0.2, 0.25) is 0 Å². The Morgan fingerprint density at radius 1 is 1.10 bits per heavy atom. The maximum atomic E-state index is 5.47. The minimum atomic E-state index is 0.504. The molecule has 1 aliphatic carbocycles. The van der Waals surface area contributed by atoms with Crippen LogP contribution in [0.5, 0.6) is 0 Å². The molecule has 0 amide bonds. The van der Waals surface area contributed by atoms with E-state index in [9.17, 15) is 0 Å². The Balaban J connectivity index is 1.95. The highest BCUT2D eigenvalue weighted by atomic mass is 32.1. The van der Waals surface area contributed by atoms with E-state index in [0.29, 0.717) is 12.0 Å². The summed E-state index contributed by atoms with van der Waals surface area (Å²) in [5.74, 6) is 1.47. The van der Waals surface area contributed by atoms with Crippen molar-refractivity contribution >= 4 is 23.0 Å². The van der Waals surface area contributed by atoms with Crippen molar-refractivity contribution in [2.24, 2.45) is 11.8 Å². The zero-order chi connectivity index (χ0) is 14.7. The first kappa shape index (κ1) is 15.3. The zero-order valence-corrected chi connectivity index (χ0v) is 13.8.